The average Bonchev–Trinajstić information content (AvgIpc) is 2.87. The number of sulfonamides is 1. The molecular formula is C28H25NO6S. The van der Waals surface area contributed by atoms with Crippen molar-refractivity contribution in [1.29, 1.82) is 0 Å². The Hall–Kier alpha value is -4.03. The van der Waals surface area contributed by atoms with Crippen molar-refractivity contribution in [2.45, 2.75) is 18.1 Å². The molecule has 0 aromatic heterocycles. The van der Waals surface area contributed by atoms with Crippen LogP contribution in [0.5, 0.6) is 11.5 Å². The van der Waals surface area contributed by atoms with Crippen molar-refractivity contribution in [2.75, 3.05) is 18.4 Å². The van der Waals surface area contributed by atoms with Gasteiger partial charge < -0.3 is 19.7 Å². The van der Waals surface area contributed by atoms with Crippen LogP contribution in [0.3, 0.4) is 0 Å². The number of hydrogen-bond acceptors (Lipinski definition) is 6. The monoisotopic (exact) mass is 503 g/mol. The van der Waals surface area contributed by atoms with Gasteiger partial charge in [0.1, 0.15) is 11.5 Å². The third-order valence-corrected chi connectivity index (χ3v) is 6.88. The minimum Gasteiger partial charge on any atom is -0.496 e. The van der Waals surface area contributed by atoms with E-state index in [4.69, 9.17) is 9.47 Å². The van der Waals surface area contributed by atoms with Gasteiger partial charge in [-0.15, -0.1) is 0 Å². The van der Waals surface area contributed by atoms with Gasteiger partial charge in [0.05, 0.1) is 24.3 Å². The number of nitrogens with one attached hydrogen (secondary N) is 1. The van der Waals surface area contributed by atoms with E-state index in [1.807, 2.05) is 12.1 Å². The fourth-order valence-corrected chi connectivity index (χ4v) is 5.07. The molecule has 0 saturated carbocycles. The predicted molar refractivity (Wildman–Crippen MR) is 139 cm³/mol. The lowest BCUT2D eigenvalue weighted by atomic mass is 10.1. The molecule has 0 aliphatic heterocycles. The van der Waals surface area contributed by atoms with Crippen LogP contribution in [-0.2, 0) is 10.0 Å². The Labute approximate surface area is 210 Å². The largest absolute Gasteiger partial charge is 0.496 e. The van der Waals surface area contributed by atoms with Crippen molar-refractivity contribution >= 4 is 26.5 Å². The summed E-state index contributed by atoms with van der Waals surface area (Å²) in [6.07, 6.45) is -1.67. The van der Waals surface area contributed by atoms with Crippen molar-refractivity contribution in [3.63, 3.8) is 0 Å². The van der Waals surface area contributed by atoms with Crippen molar-refractivity contribution in [3.8, 4) is 23.3 Å². The first-order chi connectivity index (χ1) is 17.3. The summed E-state index contributed by atoms with van der Waals surface area (Å²) in [7, 11) is -2.41. The molecule has 0 saturated heterocycles. The minimum absolute atomic E-state index is 0.126. The fraction of sp³-hybridized carbons (Fsp3) is 0.143. The van der Waals surface area contributed by atoms with Gasteiger partial charge in [-0.3, -0.25) is 4.72 Å². The van der Waals surface area contributed by atoms with E-state index < -0.39 is 16.3 Å². The summed E-state index contributed by atoms with van der Waals surface area (Å²) in [5, 5.41) is 20.3. The molecule has 0 atom stereocenters. The van der Waals surface area contributed by atoms with Crippen molar-refractivity contribution in [1.82, 2.24) is 0 Å². The van der Waals surface area contributed by atoms with Gasteiger partial charge in [-0.2, -0.15) is 0 Å². The highest BCUT2D eigenvalue weighted by Gasteiger charge is 2.20. The number of hydrogen-bond donors (Lipinski definition) is 3. The van der Waals surface area contributed by atoms with Gasteiger partial charge in [0.15, 0.2) is 6.29 Å². The number of fused-ring (bicyclic) bond motifs is 1. The quantitative estimate of drug-likeness (QED) is 0.255. The summed E-state index contributed by atoms with van der Waals surface area (Å²) in [5.41, 5.74) is 1.62. The van der Waals surface area contributed by atoms with Crippen molar-refractivity contribution in [2.24, 2.45) is 0 Å². The Morgan fingerprint density at radius 2 is 1.61 bits per heavy atom. The standard InChI is InChI=1S/C28H25NO6S/c1-3-35-26-18-19(13-15-23(26)28(30)31)12-14-20-8-4-7-11-24(20)29-36(32,33)27-17-16-25(34-2)21-9-5-6-10-22(21)27/h4-11,13,15-18,28-31H,3H2,1-2H3. The van der Waals surface area contributed by atoms with Crippen LogP contribution in [0, 0.1) is 11.8 Å². The highest BCUT2D eigenvalue weighted by Crippen LogP contribution is 2.32. The molecule has 0 amide bonds. The molecule has 0 bridgehead atoms. The Bertz CT molecular complexity index is 1570. The molecule has 0 aliphatic rings. The van der Waals surface area contributed by atoms with Gasteiger partial charge in [-0.25, -0.2) is 8.42 Å². The van der Waals surface area contributed by atoms with Crippen LogP contribution in [0.15, 0.2) is 83.8 Å². The lowest BCUT2D eigenvalue weighted by Gasteiger charge is -2.13. The second-order valence-electron chi connectivity index (χ2n) is 7.77. The van der Waals surface area contributed by atoms with Gasteiger partial charge in [0, 0.05) is 27.5 Å². The highest BCUT2D eigenvalue weighted by molar-refractivity contribution is 7.93. The van der Waals surface area contributed by atoms with Gasteiger partial charge in [0.2, 0.25) is 0 Å². The fourth-order valence-electron chi connectivity index (χ4n) is 3.78. The molecule has 3 N–H and O–H groups in total. The van der Waals surface area contributed by atoms with Crippen molar-refractivity contribution < 1.29 is 28.1 Å². The number of ether oxygens (including phenoxy) is 2. The summed E-state index contributed by atoms with van der Waals surface area (Å²) in [6.45, 7) is 2.14. The molecule has 4 aromatic rings. The zero-order chi connectivity index (χ0) is 25.7. The Morgan fingerprint density at radius 1 is 0.889 bits per heavy atom. The third kappa shape index (κ3) is 5.29. The van der Waals surface area contributed by atoms with Crippen LogP contribution in [-0.4, -0.2) is 32.3 Å². The minimum atomic E-state index is -3.95. The zero-order valence-corrected chi connectivity index (χ0v) is 20.5. The molecule has 7 nitrogen and oxygen atoms in total. The zero-order valence-electron chi connectivity index (χ0n) is 19.7. The number of anilines is 1. The maximum absolute atomic E-state index is 13.4. The Morgan fingerprint density at radius 3 is 2.33 bits per heavy atom. The lowest BCUT2D eigenvalue weighted by Crippen LogP contribution is -2.14. The van der Waals surface area contributed by atoms with E-state index in [0.29, 0.717) is 45.7 Å². The van der Waals surface area contributed by atoms with E-state index in [2.05, 4.69) is 16.6 Å². The van der Waals surface area contributed by atoms with E-state index in [1.165, 1.54) is 12.1 Å². The van der Waals surface area contributed by atoms with E-state index in [9.17, 15) is 18.6 Å². The topological polar surface area (TPSA) is 105 Å². The maximum Gasteiger partial charge on any atom is 0.262 e. The molecule has 0 aliphatic carbocycles. The van der Waals surface area contributed by atoms with E-state index in [0.717, 1.165) is 0 Å². The molecular weight excluding hydrogens is 478 g/mol. The van der Waals surface area contributed by atoms with Gasteiger partial charge >= 0.3 is 0 Å². The van der Waals surface area contributed by atoms with Gasteiger partial charge in [-0.05, 0) is 49.4 Å². The molecule has 36 heavy (non-hydrogen) atoms. The number of rotatable bonds is 7. The second kappa shape index (κ2) is 10.7. The van der Waals surface area contributed by atoms with Crippen molar-refractivity contribution in [3.05, 3.63) is 95.6 Å². The number of aliphatic hydroxyl groups excluding tert-OH is 1. The Balaban J connectivity index is 1.69. The number of para-hydroxylation sites is 1. The van der Waals surface area contributed by atoms with Gasteiger partial charge in [-0.1, -0.05) is 48.2 Å². The van der Waals surface area contributed by atoms with Crippen LogP contribution < -0.4 is 14.2 Å². The first kappa shape index (κ1) is 25.1. The molecule has 0 unspecified atom stereocenters. The molecule has 8 heteroatoms. The molecule has 0 fully saturated rings. The first-order valence-electron chi connectivity index (χ1n) is 11.2. The first-order valence-corrected chi connectivity index (χ1v) is 12.6. The smallest absolute Gasteiger partial charge is 0.262 e. The van der Waals surface area contributed by atoms with Crippen LogP contribution in [0.1, 0.15) is 29.9 Å². The number of methoxy groups -OCH3 is 1. The van der Waals surface area contributed by atoms with Crippen LogP contribution in [0.2, 0.25) is 0 Å². The number of aliphatic hydroxyl groups is 2. The van der Waals surface area contributed by atoms with Crippen LogP contribution in [0.4, 0.5) is 5.69 Å². The second-order valence-corrected chi connectivity index (χ2v) is 9.42. The van der Waals surface area contributed by atoms with Crippen LogP contribution in [0.25, 0.3) is 10.8 Å². The summed E-state index contributed by atoms with van der Waals surface area (Å²) < 4.78 is 40.3. The molecule has 184 valence electrons. The van der Waals surface area contributed by atoms with E-state index in [1.54, 1.807) is 68.6 Å². The maximum atomic E-state index is 13.4. The molecule has 0 spiro atoms. The Kier molecular flexibility index (Phi) is 7.46. The van der Waals surface area contributed by atoms with Crippen LogP contribution >= 0.6 is 0 Å². The third-order valence-electron chi connectivity index (χ3n) is 5.46. The SMILES string of the molecule is CCOc1cc(C#Cc2ccccc2NS(=O)(=O)c2ccc(OC)c3ccccc23)ccc1C(O)O. The molecule has 4 rings (SSSR count). The van der Waals surface area contributed by atoms with E-state index >= 15 is 0 Å². The average molecular weight is 504 g/mol. The number of benzene rings is 4. The molecule has 0 heterocycles. The van der Waals surface area contributed by atoms with E-state index in [-0.39, 0.29) is 10.5 Å². The summed E-state index contributed by atoms with van der Waals surface area (Å²) in [4.78, 5) is 0.126. The van der Waals surface area contributed by atoms with Gasteiger partial charge in [0.25, 0.3) is 10.0 Å². The summed E-state index contributed by atoms with van der Waals surface area (Å²) in [5.74, 6) is 6.90. The summed E-state index contributed by atoms with van der Waals surface area (Å²) in [6, 6.07) is 21.9. The lowest BCUT2D eigenvalue weighted by molar-refractivity contribution is -0.0441. The highest BCUT2D eigenvalue weighted by atomic mass is 32.2. The predicted octanol–water partition coefficient (Wildman–Crippen LogP) is 4.43. The normalized spacial score (nSPS) is 11.1. The molecule has 4 aromatic carbocycles. The molecule has 0 radical (unpaired) electrons. The summed E-state index contributed by atoms with van der Waals surface area (Å²) >= 11 is 0.